The van der Waals surface area contributed by atoms with E-state index in [1.165, 1.54) is 0 Å². The molecule has 0 fully saturated rings. The number of hydrogen-bond donors (Lipinski definition) is 5. The number of rotatable bonds is 2. The molecule has 0 aromatic carbocycles. The first-order valence-corrected chi connectivity index (χ1v) is 4.95. The molecule has 10 heteroatoms. The van der Waals surface area contributed by atoms with Gasteiger partial charge in [0.25, 0.3) is 0 Å². The largest absolute Gasteiger partial charge is 1.00 e. The summed E-state index contributed by atoms with van der Waals surface area (Å²) in [6.07, 6.45) is 4.33. The van der Waals surface area contributed by atoms with E-state index >= 15 is 0 Å². The van der Waals surface area contributed by atoms with Gasteiger partial charge in [0.15, 0.2) is 0 Å². The number of hydrogen-bond acceptors (Lipinski definition) is 3. The Morgan fingerprint density at radius 3 is 2.20 bits per heavy atom. The Kier molecular flexibility index (Phi) is 15.4. The summed E-state index contributed by atoms with van der Waals surface area (Å²) in [5, 5.41) is 0. The molecule has 1 heterocycles. The minimum absolute atomic E-state index is 0. The predicted molar refractivity (Wildman–Crippen MR) is 45.6 cm³/mol. The Hall–Kier alpha value is 0.570. The molecule has 0 atom stereocenters. The number of phosphoric acid groups is 1. The Morgan fingerprint density at radius 2 is 1.93 bits per heavy atom. The molecule has 1 aromatic rings. The quantitative estimate of drug-likeness (QED) is 0.267. The molecule has 0 aliphatic carbocycles. The first kappa shape index (κ1) is 20.9. The molecule has 0 saturated carbocycles. The second-order valence-corrected chi connectivity index (χ2v) is 3.16. The first-order chi connectivity index (χ1) is 5.93. The number of nitrogens with two attached hydrogens (primary N) is 1. The van der Waals surface area contributed by atoms with Crippen LogP contribution in [0.1, 0.15) is 5.69 Å². The van der Waals surface area contributed by atoms with Crippen molar-refractivity contribution in [3.63, 3.8) is 0 Å². The number of aromatic amines is 1. The predicted octanol–water partition coefficient (Wildman–Crippen LogP) is -7.01. The molecule has 6 N–H and O–H groups in total. The van der Waals surface area contributed by atoms with Gasteiger partial charge < -0.3 is 37.8 Å². The van der Waals surface area contributed by atoms with Crippen LogP contribution in [-0.4, -0.2) is 31.2 Å². The van der Waals surface area contributed by atoms with Crippen molar-refractivity contribution in [2.24, 2.45) is 5.73 Å². The van der Waals surface area contributed by atoms with Gasteiger partial charge in [-0.15, -0.1) is 0 Å². The van der Waals surface area contributed by atoms with E-state index in [1.807, 2.05) is 0 Å². The number of nitrogens with zero attached hydrogens (tertiary/aromatic N) is 1. The van der Waals surface area contributed by atoms with Gasteiger partial charge in [-0.1, -0.05) is 0 Å². The van der Waals surface area contributed by atoms with Gasteiger partial charge in [0, 0.05) is 18.3 Å². The maximum absolute atomic E-state index is 8.88. The third-order valence-corrected chi connectivity index (χ3v) is 0.969. The summed E-state index contributed by atoms with van der Waals surface area (Å²) in [7, 11) is -4.64. The van der Waals surface area contributed by atoms with E-state index in [9.17, 15) is 0 Å². The van der Waals surface area contributed by atoms with Gasteiger partial charge in [0.2, 0.25) is 0 Å². The summed E-state index contributed by atoms with van der Waals surface area (Å²) in [6.45, 7) is 0.683. The molecule has 7 nitrogen and oxygen atoms in total. The van der Waals surface area contributed by atoms with Gasteiger partial charge in [-0.05, 0) is 6.54 Å². The fourth-order valence-corrected chi connectivity index (χ4v) is 0.577. The zero-order valence-corrected chi connectivity index (χ0v) is 11.8. The minimum Gasteiger partial charge on any atom is -1.00 e. The Morgan fingerprint density at radius 1 is 1.47 bits per heavy atom. The third kappa shape index (κ3) is 20.6. The molecule has 0 radical (unpaired) electrons. The molecule has 0 bridgehead atoms. The topological polar surface area (TPSA) is 132 Å². The Balaban J connectivity index is -0.000000185. The molecule has 0 saturated heterocycles. The molecular formula is C5H12ClN3NaO4P. The molecule has 0 unspecified atom stereocenters. The van der Waals surface area contributed by atoms with Crippen LogP contribution in [0, 0.1) is 0 Å². The van der Waals surface area contributed by atoms with E-state index in [2.05, 4.69) is 9.97 Å². The Labute approximate surface area is 115 Å². The van der Waals surface area contributed by atoms with Gasteiger partial charge >= 0.3 is 37.4 Å². The summed E-state index contributed by atoms with van der Waals surface area (Å²) < 4.78 is 8.88. The molecule has 0 amide bonds. The minimum atomic E-state index is -4.64. The van der Waals surface area contributed by atoms with Gasteiger partial charge in [0.1, 0.15) is 0 Å². The van der Waals surface area contributed by atoms with Crippen LogP contribution < -0.4 is 47.7 Å². The van der Waals surface area contributed by atoms with E-state index in [0.717, 1.165) is 12.1 Å². The Bertz CT molecular complexity index is 259. The van der Waals surface area contributed by atoms with Crippen molar-refractivity contribution in [2.45, 2.75) is 6.42 Å². The summed E-state index contributed by atoms with van der Waals surface area (Å²) >= 11 is 0. The van der Waals surface area contributed by atoms with E-state index in [1.54, 1.807) is 12.5 Å². The number of halogens is 1. The number of aromatic nitrogens is 2. The van der Waals surface area contributed by atoms with Crippen molar-refractivity contribution >= 4 is 7.82 Å². The van der Waals surface area contributed by atoms with Crippen LogP contribution in [0.5, 0.6) is 0 Å². The van der Waals surface area contributed by atoms with Crippen LogP contribution in [0.15, 0.2) is 12.5 Å². The summed E-state index contributed by atoms with van der Waals surface area (Å²) in [5.74, 6) is 0. The summed E-state index contributed by atoms with van der Waals surface area (Å²) in [6, 6.07) is 0. The second kappa shape index (κ2) is 11.1. The molecule has 0 aliphatic rings. The van der Waals surface area contributed by atoms with Crippen molar-refractivity contribution in [1.82, 2.24) is 9.97 Å². The molecule has 15 heavy (non-hydrogen) atoms. The van der Waals surface area contributed by atoms with E-state index in [-0.39, 0.29) is 42.0 Å². The van der Waals surface area contributed by atoms with Crippen LogP contribution >= 0.6 is 7.82 Å². The van der Waals surface area contributed by atoms with Gasteiger partial charge in [0.05, 0.1) is 6.33 Å². The van der Waals surface area contributed by atoms with Crippen LogP contribution in [0.2, 0.25) is 0 Å². The smallest absolute Gasteiger partial charge is 1.00 e. The summed E-state index contributed by atoms with van der Waals surface area (Å²) in [5.41, 5.74) is 6.38. The van der Waals surface area contributed by atoms with E-state index in [4.69, 9.17) is 25.0 Å². The SMILES string of the molecule is NCCc1cnc[nH]1.O=P(O)(O)O.[Cl-].[Na+]. The van der Waals surface area contributed by atoms with E-state index in [0.29, 0.717) is 6.54 Å². The average Bonchev–Trinajstić information content (AvgIpc) is 2.36. The number of H-pyrrole nitrogens is 1. The van der Waals surface area contributed by atoms with Gasteiger partial charge in [-0.3, -0.25) is 0 Å². The van der Waals surface area contributed by atoms with Crippen LogP contribution in [0.4, 0.5) is 0 Å². The van der Waals surface area contributed by atoms with Crippen molar-refractivity contribution in [3.8, 4) is 0 Å². The fourth-order valence-electron chi connectivity index (χ4n) is 0.577. The monoisotopic (exact) mass is 267 g/mol. The maximum Gasteiger partial charge on any atom is 1.00 e. The third-order valence-electron chi connectivity index (χ3n) is 0.969. The molecule has 0 aliphatic heterocycles. The van der Waals surface area contributed by atoms with Crippen molar-refractivity contribution in [3.05, 3.63) is 18.2 Å². The fraction of sp³-hybridized carbons (Fsp3) is 0.400. The van der Waals surface area contributed by atoms with Crippen molar-refractivity contribution < 1.29 is 61.2 Å². The molecule has 1 rings (SSSR count). The molecule has 1 aromatic heterocycles. The zero-order valence-electron chi connectivity index (χ0n) is 8.17. The van der Waals surface area contributed by atoms with Gasteiger partial charge in [-0.25, -0.2) is 9.55 Å². The van der Waals surface area contributed by atoms with Crippen LogP contribution in [0.25, 0.3) is 0 Å². The number of imidazole rings is 1. The van der Waals surface area contributed by atoms with Crippen molar-refractivity contribution in [2.75, 3.05) is 6.54 Å². The zero-order chi connectivity index (χ0) is 10.3. The van der Waals surface area contributed by atoms with E-state index < -0.39 is 7.82 Å². The van der Waals surface area contributed by atoms with Crippen LogP contribution in [0.3, 0.4) is 0 Å². The standard InChI is InChI=1S/C5H9N3.ClH.Na.H3O4P/c6-2-1-5-3-7-4-8-5;;;1-5(2,3)4/h3-4H,1-2,6H2,(H,7,8);1H;;(H3,1,2,3,4)/q;;+1;/p-1. The van der Waals surface area contributed by atoms with Crippen LogP contribution in [-0.2, 0) is 11.0 Å². The normalized spacial score (nSPS) is 9.07. The molecule has 84 valence electrons. The second-order valence-electron chi connectivity index (χ2n) is 2.13. The maximum atomic E-state index is 8.88. The molecule has 0 spiro atoms. The molecular weight excluding hydrogens is 255 g/mol. The first-order valence-electron chi connectivity index (χ1n) is 3.39. The summed E-state index contributed by atoms with van der Waals surface area (Å²) in [4.78, 5) is 28.3. The number of nitrogens with one attached hydrogen (secondary N) is 1. The van der Waals surface area contributed by atoms with Crippen molar-refractivity contribution in [1.29, 1.82) is 0 Å². The van der Waals surface area contributed by atoms with Gasteiger partial charge in [-0.2, -0.15) is 0 Å². The average molecular weight is 268 g/mol.